The first-order chi connectivity index (χ1) is 15.8. The molecule has 8 heteroatoms. The Morgan fingerprint density at radius 1 is 1.12 bits per heavy atom. The number of carbonyl (C=O) groups is 3. The third kappa shape index (κ3) is 2.41. The third-order valence-corrected chi connectivity index (χ3v) is 8.26. The lowest BCUT2D eigenvalue weighted by molar-refractivity contribution is -0.135. The molecule has 33 heavy (non-hydrogen) atoms. The highest BCUT2D eigenvalue weighted by Crippen LogP contribution is 2.61. The quantitative estimate of drug-likeness (QED) is 0.688. The van der Waals surface area contributed by atoms with Crippen molar-refractivity contribution in [3.05, 3.63) is 52.0 Å². The summed E-state index contributed by atoms with van der Waals surface area (Å²) in [7, 11) is 1.49. The molecule has 0 aliphatic carbocycles. The molecule has 2 aromatic rings. The molecular formula is C25H24ClN3O4. The molecule has 4 aliphatic heterocycles. The van der Waals surface area contributed by atoms with Crippen LogP contribution in [0.1, 0.15) is 29.5 Å². The maximum Gasteiger partial charge on any atom is 0.250 e. The minimum Gasteiger partial charge on any atom is -0.495 e. The molecule has 170 valence electrons. The Hall–Kier alpha value is -2.90. The number of carbonyl (C=O) groups excluding carboxylic acids is 3. The van der Waals surface area contributed by atoms with Crippen LogP contribution in [0.4, 0.5) is 11.4 Å². The number of methoxy groups -OCH3 is 1. The van der Waals surface area contributed by atoms with Gasteiger partial charge in [0, 0.05) is 28.4 Å². The Bertz CT molecular complexity index is 1260. The number of hydrogen-bond acceptors (Lipinski definition) is 5. The van der Waals surface area contributed by atoms with Crippen LogP contribution in [0.25, 0.3) is 0 Å². The second-order valence-electron chi connectivity index (χ2n) is 9.46. The Morgan fingerprint density at radius 2 is 1.91 bits per heavy atom. The minimum absolute atomic E-state index is 0.159. The summed E-state index contributed by atoms with van der Waals surface area (Å²) in [5.41, 5.74) is 2.47. The number of benzene rings is 2. The first kappa shape index (κ1) is 20.7. The highest BCUT2D eigenvalue weighted by atomic mass is 35.5. The molecular weight excluding hydrogens is 442 g/mol. The first-order valence-corrected chi connectivity index (χ1v) is 11.6. The SMILES string of the molecule is COc1cc(Cl)c(C)cc1N1C(=O)[C@@H]2[C@@H]3CCCN3[C@]3(C(=O)Nc4ccc(C)cc43)[C@H]2C1=O. The molecule has 4 heterocycles. The van der Waals surface area contributed by atoms with Gasteiger partial charge in [-0.2, -0.15) is 0 Å². The second-order valence-corrected chi connectivity index (χ2v) is 9.87. The summed E-state index contributed by atoms with van der Waals surface area (Å²) in [5, 5.41) is 3.50. The van der Waals surface area contributed by atoms with Gasteiger partial charge in [0.2, 0.25) is 17.7 Å². The van der Waals surface area contributed by atoms with Crippen LogP contribution in [0.2, 0.25) is 5.02 Å². The summed E-state index contributed by atoms with van der Waals surface area (Å²) in [6, 6.07) is 9.00. The maximum absolute atomic E-state index is 14.1. The number of rotatable bonds is 2. The van der Waals surface area contributed by atoms with E-state index in [4.69, 9.17) is 16.3 Å². The Balaban J connectivity index is 1.56. The monoisotopic (exact) mass is 465 g/mol. The van der Waals surface area contributed by atoms with Crippen molar-refractivity contribution in [2.75, 3.05) is 23.9 Å². The van der Waals surface area contributed by atoms with Crippen LogP contribution in [-0.4, -0.2) is 42.3 Å². The maximum atomic E-state index is 14.1. The fourth-order valence-electron chi connectivity index (χ4n) is 6.54. The van der Waals surface area contributed by atoms with Crippen LogP contribution < -0.4 is 15.0 Å². The van der Waals surface area contributed by atoms with Crippen LogP contribution >= 0.6 is 11.6 Å². The molecule has 0 bridgehead atoms. The van der Waals surface area contributed by atoms with Gasteiger partial charge >= 0.3 is 0 Å². The molecule has 7 nitrogen and oxygen atoms in total. The Labute approximate surface area is 196 Å². The molecule has 3 fully saturated rings. The minimum atomic E-state index is -1.18. The van der Waals surface area contributed by atoms with Gasteiger partial charge in [-0.25, -0.2) is 4.90 Å². The van der Waals surface area contributed by atoms with Crippen LogP contribution in [0.5, 0.6) is 5.75 Å². The number of imide groups is 1. The fourth-order valence-corrected chi connectivity index (χ4v) is 6.69. The zero-order valence-electron chi connectivity index (χ0n) is 18.6. The summed E-state index contributed by atoms with van der Waals surface area (Å²) in [6.45, 7) is 4.48. The van der Waals surface area contributed by atoms with E-state index in [1.165, 1.54) is 12.0 Å². The number of halogens is 1. The number of anilines is 2. The lowest BCUT2D eigenvalue weighted by Crippen LogP contribution is -2.54. The van der Waals surface area contributed by atoms with Gasteiger partial charge in [0.15, 0.2) is 0 Å². The van der Waals surface area contributed by atoms with E-state index in [0.717, 1.165) is 35.2 Å². The number of aryl methyl sites for hydroxylation is 2. The van der Waals surface area contributed by atoms with E-state index in [0.29, 0.717) is 23.0 Å². The van der Waals surface area contributed by atoms with Crippen LogP contribution in [0, 0.1) is 25.7 Å². The van der Waals surface area contributed by atoms with Crippen molar-refractivity contribution in [2.45, 2.75) is 38.3 Å². The largest absolute Gasteiger partial charge is 0.495 e. The normalized spacial score (nSPS) is 30.1. The topological polar surface area (TPSA) is 79.0 Å². The number of hydrogen-bond donors (Lipinski definition) is 1. The first-order valence-electron chi connectivity index (χ1n) is 11.2. The van der Waals surface area contributed by atoms with E-state index in [2.05, 4.69) is 10.2 Å². The highest BCUT2D eigenvalue weighted by molar-refractivity contribution is 6.32. The van der Waals surface area contributed by atoms with E-state index in [1.54, 1.807) is 12.1 Å². The number of ether oxygens (including phenoxy) is 1. The van der Waals surface area contributed by atoms with Gasteiger partial charge in [0.25, 0.3) is 0 Å². The van der Waals surface area contributed by atoms with Gasteiger partial charge in [-0.3, -0.25) is 19.3 Å². The number of amides is 3. The average molecular weight is 466 g/mol. The van der Waals surface area contributed by atoms with Crippen LogP contribution in [0.3, 0.4) is 0 Å². The molecule has 3 saturated heterocycles. The molecule has 0 saturated carbocycles. The van der Waals surface area contributed by atoms with E-state index >= 15 is 0 Å². The van der Waals surface area contributed by atoms with Crippen molar-refractivity contribution in [3.8, 4) is 5.75 Å². The van der Waals surface area contributed by atoms with Crippen molar-refractivity contribution in [1.82, 2.24) is 4.90 Å². The smallest absolute Gasteiger partial charge is 0.250 e. The molecule has 4 aliphatic rings. The van der Waals surface area contributed by atoms with Gasteiger partial charge in [-0.1, -0.05) is 29.3 Å². The summed E-state index contributed by atoms with van der Waals surface area (Å²) >= 11 is 6.27. The summed E-state index contributed by atoms with van der Waals surface area (Å²) in [6.07, 6.45) is 1.66. The van der Waals surface area contributed by atoms with Crippen molar-refractivity contribution >= 4 is 40.7 Å². The molecule has 1 N–H and O–H groups in total. The number of nitrogens with zero attached hydrogens (tertiary/aromatic N) is 2. The summed E-state index contributed by atoms with van der Waals surface area (Å²) < 4.78 is 5.49. The van der Waals surface area contributed by atoms with Crippen molar-refractivity contribution in [2.24, 2.45) is 11.8 Å². The Kier molecular flexibility index (Phi) is 4.27. The molecule has 3 amide bonds. The molecule has 6 rings (SSSR count). The van der Waals surface area contributed by atoms with Gasteiger partial charge < -0.3 is 10.1 Å². The fraction of sp³-hybridized carbons (Fsp3) is 0.400. The molecule has 0 unspecified atom stereocenters. The highest BCUT2D eigenvalue weighted by Gasteiger charge is 2.74. The van der Waals surface area contributed by atoms with Gasteiger partial charge in [0.1, 0.15) is 11.3 Å². The number of fused-ring (bicyclic) bond motifs is 7. The van der Waals surface area contributed by atoms with Crippen LogP contribution in [0.15, 0.2) is 30.3 Å². The van der Waals surface area contributed by atoms with Gasteiger partial charge in [-0.05, 0) is 50.9 Å². The zero-order valence-corrected chi connectivity index (χ0v) is 19.4. The zero-order chi connectivity index (χ0) is 23.2. The van der Waals surface area contributed by atoms with Gasteiger partial charge in [-0.15, -0.1) is 0 Å². The van der Waals surface area contributed by atoms with Crippen molar-refractivity contribution < 1.29 is 19.1 Å². The molecule has 4 atom stereocenters. The molecule has 1 spiro atoms. The average Bonchev–Trinajstić information content (AvgIpc) is 3.48. The van der Waals surface area contributed by atoms with Crippen molar-refractivity contribution in [1.29, 1.82) is 0 Å². The van der Waals surface area contributed by atoms with Crippen molar-refractivity contribution in [3.63, 3.8) is 0 Å². The summed E-state index contributed by atoms with van der Waals surface area (Å²) in [4.78, 5) is 45.0. The third-order valence-electron chi connectivity index (χ3n) is 7.85. The predicted molar refractivity (Wildman–Crippen MR) is 123 cm³/mol. The van der Waals surface area contributed by atoms with E-state index in [-0.39, 0.29) is 23.8 Å². The van der Waals surface area contributed by atoms with Crippen LogP contribution in [-0.2, 0) is 19.9 Å². The molecule has 0 aromatic heterocycles. The molecule has 2 aromatic carbocycles. The lowest BCUT2D eigenvalue weighted by Gasteiger charge is -2.36. The predicted octanol–water partition coefficient (Wildman–Crippen LogP) is 3.40. The second kappa shape index (κ2) is 6.81. The Morgan fingerprint density at radius 3 is 2.67 bits per heavy atom. The van der Waals surface area contributed by atoms with E-state index in [9.17, 15) is 14.4 Å². The van der Waals surface area contributed by atoms with E-state index in [1.807, 2.05) is 32.0 Å². The lowest BCUT2D eigenvalue weighted by atomic mass is 9.75. The van der Waals surface area contributed by atoms with Gasteiger partial charge in [0.05, 0.1) is 24.6 Å². The molecule has 0 radical (unpaired) electrons. The van der Waals surface area contributed by atoms with E-state index < -0.39 is 17.4 Å². The number of nitrogens with one attached hydrogen (secondary N) is 1. The standard InChI is InChI=1S/C25H24ClN3O4/c1-12-6-7-16-14(9-12)25(24(32)27-16)21-20(17-5-4-8-28(17)25)22(30)29(23(21)31)18-10-13(2)15(26)11-19(18)33-3/h6-7,9-11,17,20-21H,4-5,8H2,1-3H3,(H,27,32)/t17-,20+,21+,25-/m0/s1. The summed E-state index contributed by atoms with van der Waals surface area (Å²) in [5.74, 6) is -1.87.